The lowest BCUT2D eigenvalue weighted by atomic mass is 10.3. The zero-order valence-corrected chi connectivity index (χ0v) is 12.2. The van der Waals surface area contributed by atoms with E-state index in [9.17, 15) is 4.79 Å². The van der Waals surface area contributed by atoms with Crippen LogP contribution in [-0.2, 0) is 4.79 Å². The highest BCUT2D eigenvalue weighted by atomic mass is 35.5. The van der Waals surface area contributed by atoms with E-state index < -0.39 is 0 Å². The number of hydrogen-bond donors (Lipinski definition) is 1. The lowest BCUT2D eigenvalue weighted by Crippen LogP contribution is -2.09. The van der Waals surface area contributed by atoms with Crippen LogP contribution in [0.4, 0.5) is 11.5 Å². The molecule has 8 heteroatoms. The third-order valence-electron chi connectivity index (χ3n) is 3.02. The minimum absolute atomic E-state index is 0.340. The Morgan fingerprint density at radius 2 is 2.14 bits per heavy atom. The van der Waals surface area contributed by atoms with Crippen molar-refractivity contribution >= 4 is 40.5 Å². The van der Waals surface area contributed by atoms with Gasteiger partial charge in [-0.2, -0.15) is 4.73 Å². The van der Waals surface area contributed by atoms with Gasteiger partial charge in [0, 0.05) is 6.20 Å². The Morgan fingerprint density at radius 1 is 1.27 bits per heavy atom. The van der Waals surface area contributed by atoms with E-state index in [1.54, 1.807) is 43.9 Å². The van der Waals surface area contributed by atoms with Crippen LogP contribution < -0.4 is 14.9 Å². The van der Waals surface area contributed by atoms with Gasteiger partial charge in [0.2, 0.25) is 0 Å². The second kappa shape index (κ2) is 5.90. The summed E-state index contributed by atoms with van der Waals surface area (Å²) < 4.78 is 6.57. The number of fused-ring (bicyclic) bond motifs is 1. The van der Waals surface area contributed by atoms with Crippen LogP contribution in [0.5, 0.6) is 5.75 Å². The summed E-state index contributed by atoms with van der Waals surface area (Å²) in [5, 5.41) is 4.25. The first-order valence-corrected chi connectivity index (χ1v) is 6.64. The van der Waals surface area contributed by atoms with Gasteiger partial charge in [0.1, 0.15) is 16.4 Å². The summed E-state index contributed by atoms with van der Waals surface area (Å²) >= 11 is 5.76. The molecule has 1 N–H and O–H groups in total. The molecule has 0 saturated heterocycles. The molecule has 0 atom stereocenters. The largest absolute Gasteiger partial charge is 0.494 e. The minimum Gasteiger partial charge on any atom is -0.494 e. The number of hydrogen-bond acceptors (Lipinski definition) is 6. The maximum Gasteiger partial charge on any atom is 0.321 e. The summed E-state index contributed by atoms with van der Waals surface area (Å²) in [6.45, 7) is 0.340. The molecule has 0 spiro atoms. The van der Waals surface area contributed by atoms with Gasteiger partial charge in [0.25, 0.3) is 0 Å². The van der Waals surface area contributed by atoms with Crippen LogP contribution in [0.25, 0.3) is 10.9 Å². The fraction of sp³-hybridized carbons (Fsp3) is 0.0714. The summed E-state index contributed by atoms with van der Waals surface area (Å²) in [5.41, 5.74) is 1.27. The summed E-state index contributed by atoms with van der Waals surface area (Å²) in [5.74, 6) is 1.06. The standard InChI is InChI=1S/C14H11ClN4O3/c1-21-11-7-17-14(18-9-2-3-12(15)16-6-9)13-10(11)4-5-19(13)22-8-20/h2-8H,1H3,(H,17,18). The van der Waals surface area contributed by atoms with E-state index >= 15 is 0 Å². The van der Waals surface area contributed by atoms with Gasteiger partial charge in [-0.25, -0.2) is 9.97 Å². The predicted molar refractivity (Wildman–Crippen MR) is 81.5 cm³/mol. The molecule has 0 aromatic carbocycles. The molecule has 0 aliphatic rings. The summed E-state index contributed by atoms with van der Waals surface area (Å²) in [7, 11) is 1.55. The Bertz CT molecular complexity index is 817. The fourth-order valence-corrected chi connectivity index (χ4v) is 2.19. The Labute approximate surface area is 130 Å². The molecule has 0 aliphatic heterocycles. The van der Waals surface area contributed by atoms with Crippen LogP contribution in [0.1, 0.15) is 0 Å². The van der Waals surface area contributed by atoms with Gasteiger partial charge in [-0.3, -0.25) is 4.79 Å². The van der Waals surface area contributed by atoms with Crippen molar-refractivity contribution in [2.24, 2.45) is 0 Å². The maximum absolute atomic E-state index is 10.6. The second-order valence-electron chi connectivity index (χ2n) is 4.28. The Morgan fingerprint density at radius 3 is 2.82 bits per heavy atom. The maximum atomic E-state index is 10.6. The molecule has 0 saturated carbocycles. The molecule has 0 radical (unpaired) electrons. The number of carbonyl (C=O) groups excluding carboxylic acids is 1. The van der Waals surface area contributed by atoms with Crippen LogP contribution in [0.15, 0.2) is 36.8 Å². The Kier molecular flexibility index (Phi) is 3.80. The van der Waals surface area contributed by atoms with E-state index in [1.807, 2.05) is 0 Å². The first-order chi connectivity index (χ1) is 10.7. The highest BCUT2D eigenvalue weighted by Crippen LogP contribution is 2.31. The number of nitrogens with zero attached hydrogens (tertiary/aromatic N) is 3. The number of carbonyl (C=O) groups is 1. The molecule has 0 bridgehead atoms. The van der Waals surface area contributed by atoms with Crippen molar-refractivity contribution in [1.82, 2.24) is 14.7 Å². The molecule has 112 valence electrons. The fourth-order valence-electron chi connectivity index (χ4n) is 2.07. The number of methoxy groups -OCH3 is 1. The van der Waals surface area contributed by atoms with Crippen LogP contribution in [0.3, 0.4) is 0 Å². The molecular formula is C14H11ClN4O3. The van der Waals surface area contributed by atoms with Gasteiger partial charge in [-0.05, 0) is 18.2 Å². The SMILES string of the molecule is COc1cnc(Nc2ccc(Cl)nc2)c2c1ccn2OC=O. The van der Waals surface area contributed by atoms with E-state index in [4.69, 9.17) is 21.2 Å². The van der Waals surface area contributed by atoms with E-state index in [0.717, 1.165) is 5.39 Å². The first-order valence-electron chi connectivity index (χ1n) is 6.26. The molecule has 22 heavy (non-hydrogen) atoms. The normalized spacial score (nSPS) is 10.5. The highest BCUT2D eigenvalue weighted by Gasteiger charge is 2.14. The van der Waals surface area contributed by atoms with Crippen LogP contribution in [0, 0.1) is 0 Å². The molecule has 0 fully saturated rings. The lowest BCUT2D eigenvalue weighted by Gasteiger charge is -2.10. The molecule has 7 nitrogen and oxygen atoms in total. The average molecular weight is 319 g/mol. The molecule has 0 amide bonds. The Hall–Kier alpha value is -2.80. The predicted octanol–water partition coefficient (Wildman–Crippen LogP) is 2.42. The van der Waals surface area contributed by atoms with Gasteiger partial charge in [0.15, 0.2) is 5.82 Å². The van der Waals surface area contributed by atoms with E-state index in [1.165, 1.54) is 4.73 Å². The number of nitrogens with one attached hydrogen (secondary N) is 1. The molecule has 3 heterocycles. The number of halogens is 1. The summed E-state index contributed by atoms with van der Waals surface area (Å²) in [6.07, 6.45) is 4.77. The van der Waals surface area contributed by atoms with Crippen molar-refractivity contribution in [2.45, 2.75) is 0 Å². The van der Waals surface area contributed by atoms with E-state index in [0.29, 0.717) is 34.4 Å². The second-order valence-corrected chi connectivity index (χ2v) is 4.66. The molecule has 3 aromatic heterocycles. The van der Waals surface area contributed by atoms with Crippen LogP contribution in [0.2, 0.25) is 5.15 Å². The lowest BCUT2D eigenvalue weighted by molar-refractivity contribution is -0.128. The van der Waals surface area contributed by atoms with Crippen molar-refractivity contribution < 1.29 is 14.4 Å². The zero-order valence-electron chi connectivity index (χ0n) is 11.5. The molecule has 0 aliphatic carbocycles. The minimum atomic E-state index is 0.340. The van der Waals surface area contributed by atoms with Gasteiger partial charge >= 0.3 is 6.47 Å². The van der Waals surface area contributed by atoms with Crippen molar-refractivity contribution in [3.05, 3.63) is 41.9 Å². The van der Waals surface area contributed by atoms with E-state index in [2.05, 4.69) is 15.3 Å². The molecular weight excluding hydrogens is 308 g/mol. The third-order valence-corrected chi connectivity index (χ3v) is 3.24. The van der Waals surface area contributed by atoms with Gasteiger partial charge in [0.05, 0.1) is 30.6 Å². The average Bonchev–Trinajstić information content (AvgIpc) is 2.95. The first kappa shape index (κ1) is 14.2. The van der Waals surface area contributed by atoms with Gasteiger partial charge in [-0.15, -0.1) is 0 Å². The highest BCUT2D eigenvalue weighted by molar-refractivity contribution is 6.29. The van der Waals surface area contributed by atoms with Crippen LogP contribution >= 0.6 is 11.6 Å². The van der Waals surface area contributed by atoms with Gasteiger partial charge in [-0.1, -0.05) is 11.6 Å². The summed E-state index contributed by atoms with van der Waals surface area (Å²) in [6, 6.07) is 5.19. The number of anilines is 2. The van der Waals surface area contributed by atoms with E-state index in [-0.39, 0.29) is 0 Å². The topological polar surface area (TPSA) is 78.3 Å². The quantitative estimate of drug-likeness (QED) is 0.575. The molecule has 3 rings (SSSR count). The molecule has 3 aromatic rings. The van der Waals surface area contributed by atoms with Crippen LogP contribution in [-0.4, -0.2) is 28.3 Å². The number of rotatable bonds is 5. The third kappa shape index (κ3) is 2.53. The van der Waals surface area contributed by atoms with Crippen molar-refractivity contribution in [3.8, 4) is 5.75 Å². The number of ether oxygens (including phenoxy) is 1. The van der Waals surface area contributed by atoms with Crippen molar-refractivity contribution in [1.29, 1.82) is 0 Å². The van der Waals surface area contributed by atoms with Crippen molar-refractivity contribution in [2.75, 3.05) is 12.4 Å². The van der Waals surface area contributed by atoms with Crippen molar-refractivity contribution in [3.63, 3.8) is 0 Å². The zero-order chi connectivity index (χ0) is 15.5. The smallest absolute Gasteiger partial charge is 0.321 e. The number of pyridine rings is 2. The number of aromatic nitrogens is 3. The Balaban J connectivity index is 2.09. The van der Waals surface area contributed by atoms with Gasteiger partial charge < -0.3 is 14.9 Å². The monoisotopic (exact) mass is 318 g/mol. The summed E-state index contributed by atoms with van der Waals surface area (Å²) in [4.78, 5) is 23.8. The molecule has 0 unspecified atom stereocenters.